The number of hydrogen-bond acceptors (Lipinski definition) is 5. The largest absolute Gasteiger partial charge is 0.395 e. The van der Waals surface area contributed by atoms with E-state index >= 15 is 0 Å². The smallest absolute Gasteiger partial charge is 0.0599 e. The highest BCUT2D eigenvalue weighted by atomic mass is 16.5. The number of morpholine rings is 1. The number of rotatable bonds is 6. The van der Waals surface area contributed by atoms with E-state index in [2.05, 4.69) is 29.0 Å². The first-order valence-electron chi connectivity index (χ1n) is 8.07. The summed E-state index contributed by atoms with van der Waals surface area (Å²) in [5.41, 5.74) is 0. The van der Waals surface area contributed by atoms with Gasteiger partial charge in [0.1, 0.15) is 0 Å². The van der Waals surface area contributed by atoms with Crippen molar-refractivity contribution in [3.63, 3.8) is 0 Å². The van der Waals surface area contributed by atoms with Crippen LogP contribution in [0.2, 0.25) is 0 Å². The minimum Gasteiger partial charge on any atom is -0.395 e. The van der Waals surface area contributed by atoms with Gasteiger partial charge in [0.05, 0.1) is 19.8 Å². The second-order valence-electron chi connectivity index (χ2n) is 6.52. The first kappa shape index (κ1) is 16.2. The molecule has 0 amide bonds. The Bertz CT molecular complexity index is 270. The van der Waals surface area contributed by atoms with Crippen molar-refractivity contribution in [2.24, 2.45) is 5.92 Å². The van der Waals surface area contributed by atoms with Crippen molar-refractivity contribution in [3.05, 3.63) is 0 Å². The molecule has 2 saturated heterocycles. The average molecular weight is 285 g/mol. The Labute approximate surface area is 123 Å². The molecule has 2 rings (SSSR count). The topological polar surface area (TPSA) is 48.0 Å². The van der Waals surface area contributed by atoms with E-state index in [1.807, 2.05) is 0 Å². The summed E-state index contributed by atoms with van der Waals surface area (Å²) in [6.45, 7) is 12.7. The van der Waals surface area contributed by atoms with Crippen LogP contribution in [0.3, 0.4) is 0 Å². The molecule has 2 heterocycles. The lowest BCUT2D eigenvalue weighted by Gasteiger charge is -2.41. The van der Waals surface area contributed by atoms with Gasteiger partial charge in [0.25, 0.3) is 0 Å². The Morgan fingerprint density at radius 2 is 2.00 bits per heavy atom. The van der Waals surface area contributed by atoms with E-state index in [4.69, 9.17) is 4.74 Å². The molecular formula is C15H31N3O2. The molecule has 5 nitrogen and oxygen atoms in total. The maximum atomic E-state index is 9.55. The van der Waals surface area contributed by atoms with E-state index in [-0.39, 0.29) is 12.6 Å². The minimum absolute atomic E-state index is 0.254. The molecule has 0 aromatic rings. The van der Waals surface area contributed by atoms with Crippen LogP contribution in [0.25, 0.3) is 0 Å². The molecule has 2 aliphatic heterocycles. The van der Waals surface area contributed by atoms with Gasteiger partial charge in [0.15, 0.2) is 0 Å². The standard InChI is InChI=1S/C15H31N3O2/c1-13(2)9-14-11-18(15(12-19)10-16-14)4-3-17-5-7-20-8-6-17/h13-16,19H,3-12H2,1-2H3. The Morgan fingerprint density at radius 1 is 1.25 bits per heavy atom. The lowest BCUT2D eigenvalue weighted by Crippen LogP contribution is -2.59. The number of piperazine rings is 1. The fourth-order valence-electron chi connectivity index (χ4n) is 3.20. The zero-order valence-electron chi connectivity index (χ0n) is 13.1. The Balaban J connectivity index is 1.78. The van der Waals surface area contributed by atoms with Crippen molar-refractivity contribution in [2.45, 2.75) is 32.4 Å². The maximum Gasteiger partial charge on any atom is 0.0599 e. The van der Waals surface area contributed by atoms with Crippen LogP contribution in [0, 0.1) is 5.92 Å². The molecule has 0 aliphatic carbocycles. The van der Waals surface area contributed by atoms with Crippen LogP contribution in [0.15, 0.2) is 0 Å². The third kappa shape index (κ3) is 4.97. The van der Waals surface area contributed by atoms with Crippen LogP contribution in [-0.4, -0.2) is 86.1 Å². The van der Waals surface area contributed by atoms with Gasteiger partial charge in [-0.3, -0.25) is 9.80 Å². The number of aliphatic hydroxyl groups excluding tert-OH is 1. The van der Waals surface area contributed by atoms with Gasteiger partial charge in [-0.15, -0.1) is 0 Å². The molecule has 0 spiro atoms. The van der Waals surface area contributed by atoms with Gasteiger partial charge in [0.2, 0.25) is 0 Å². The molecule has 0 aromatic heterocycles. The molecule has 2 unspecified atom stereocenters. The van der Waals surface area contributed by atoms with E-state index in [9.17, 15) is 5.11 Å². The van der Waals surface area contributed by atoms with Crippen molar-refractivity contribution >= 4 is 0 Å². The van der Waals surface area contributed by atoms with Gasteiger partial charge in [-0.2, -0.15) is 0 Å². The molecule has 2 fully saturated rings. The van der Waals surface area contributed by atoms with Crippen LogP contribution >= 0.6 is 0 Å². The van der Waals surface area contributed by atoms with Crippen LogP contribution < -0.4 is 5.32 Å². The van der Waals surface area contributed by atoms with Crippen LogP contribution in [-0.2, 0) is 4.74 Å². The molecule has 0 saturated carbocycles. The summed E-state index contributed by atoms with van der Waals surface area (Å²) in [7, 11) is 0. The highest BCUT2D eigenvalue weighted by Gasteiger charge is 2.27. The van der Waals surface area contributed by atoms with Gasteiger partial charge in [-0.05, 0) is 12.3 Å². The summed E-state index contributed by atoms with van der Waals surface area (Å²) >= 11 is 0. The number of aliphatic hydroxyl groups is 1. The fraction of sp³-hybridized carbons (Fsp3) is 1.00. The summed E-state index contributed by atoms with van der Waals surface area (Å²) in [6, 6.07) is 0.849. The average Bonchev–Trinajstić information content (AvgIpc) is 2.46. The molecule has 2 aliphatic rings. The molecule has 5 heteroatoms. The molecule has 118 valence electrons. The lowest BCUT2D eigenvalue weighted by atomic mass is 10.00. The Kier molecular flexibility index (Phi) is 6.71. The Morgan fingerprint density at radius 3 is 2.65 bits per heavy atom. The van der Waals surface area contributed by atoms with Crippen molar-refractivity contribution < 1.29 is 9.84 Å². The van der Waals surface area contributed by atoms with Gasteiger partial charge >= 0.3 is 0 Å². The fourth-order valence-corrected chi connectivity index (χ4v) is 3.20. The summed E-state index contributed by atoms with van der Waals surface area (Å²) in [5.74, 6) is 0.722. The van der Waals surface area contributed by atoms with Crippen molar-refractivity contribution in [3.8, 4) is 0 Å². The zero-order chi connectivity index (χ0) is 14.4. The van der Waals surface area contributed by atoms with Crippen molar-refractivity contribution in [1.82, 2.24) is 15.1 Å². The number of hydrogen-bond donors (Lipinski definition) is 2. The molecule has 2 atom stereocenters. The van der Waals surface area contributed by atoms with E-state index in [0.29, 0.717) is 6.04 Å². The third-order valence-corrected chi connectivity index (χ3v) is 4.39. The number of nitrogens with zero attached hydrogens (tertiary/aromatic N) is 2. The summed E-state index contributed by atoms with van der Waals surface area (Å²) in [6.07, 6.45) is 1.21. The maximum absolute atomic E-state index is 9.55. The van der Waals surface area contributed by atoms with Gasteiger partial charge < -0.3 is 15.2 Å². The molecule has 0 aromatic carbocycles. The van der Waals surface area contributed by atoms with Crippen LogP contribution in [0.5, 0.6) is 0 Å². The predicted octanol–water partition coefficient (Wildman–Crippen LogP) is -0.000600. The van der Waals surface area contributed by atoms with E-state index in [1.165, 1.54) is 6.42 Å². The van der Waals surface area contributed by atoms with E-state index in [0.717, 1.165) is 58.4 Å². The van der Waals surface area contributed by atoms with Gasteiger partial charge in [0, 0.05) is 51.4 Å². The summed E-state index contributed by atoms with van der Waals surface area (Å²) in [5, 5.41) is 13.1. The van der Waals surface area contributed by atoms with Crippen molar-refractivity contribution in [2.75, 3.05) is 59.1 Å². The van der Waals surface area contributed by atoms with Gasteiger partial charge in [-0.1, -0.05) is 13.8 Å². The van der Waals surface area contributed by atoms with E-state index < -0.39 is 0 Å². The summed E-state index contributed by atoms with van der Waals surface area (Å²) < 4.78 is 5.39. The first-order valence-corrected chi connectivity index (χ1v) is 8.07. The molecular weight excluding hydrogens is 254 g/mol. The second kappa shape index (κ2) is 8.29. The molecule has 0 bridgehead atoms. The number of ether oxygens (including phenoxy) is 1. The quantitative estimate of drug-likeness (QED) is 0.719. The monoisotopic (exact) mass is 285 g/mol. The molecule has 20 heavy (non-hydrogen) atoms. The molecule has 2 N–H and O–H groups in total. The lowest BCUT2D eigenvalue weighted by molar-refractivity contribution is 0.0211. The van der Waals surface area contributed by atoms with Gasteiger partial charge in [-0.25, -0.2) is 0 Å². The molecule has 0 radical (unpaired) electrons. The predicted molar refractivity (Wildman–Crippen MR) is 81.0 cm³/mol. The van der Waals surface area contributed by atoms with Crippen molar-refractivity contribution in [1.29, 1.82) is 0 Å². The SMILES string of the molecule is CC(C)CC1CN(CCN2CCOCC2)C(CO)CN1. The summed E-state index contributed by atoms with van der Waals surface area (Å²) in [4.78, 5) is 4.94. The zero-order valence-corrected chi connectivity index (χ0v) is 13.1. The van der Waals surface area contributed by atoms with Crippen LogP contribution in [0.1, 0.15) is 20.3 Å². The third-order valence-electron chi connectivity index (χ3n) is 4.39. The highest BCUT2D eigenvalue weighted by molar-refractivity contribution is 4.86. The highest BCUT2D eigenvalue weighted by Crippen LogP contribution is 2.13. The number of nitrogens with one attached hydrogen (secondary N) is 1. The normalized spacial score (nSPS) is 30.0. The Hall–Kier alpha value is -0.200. The van der Waals surface area contributed by atoms with Crippen LogP contribution in [0.4, 0.5) is 0 Å². The first-order chi connectivity index (χ1) is 9.69. The minimum atomic E-state index is 0.254. The second-order valence-corrected chi connectivity index (χ2v) is 6.52. The van der Waals surface area contributed by atoms with E-state index in [1.54, 1.807) is 0 Å².